The predicted molar refractivity (Wildman–Crippen MR) is 114 cm³/mol. The quantitative estimate of drug-likeness (QED) is 0.166. The molecule has 0 bridgehead atoms. The lowest BCUT2D eigenvalue weighted by atomic mass is 9.99. The van der Waals surface area contributed by atoms with Crippen LogP contribution in [0.15, 0.2) is 0 Å². The summed E-state index contributed by atoms with van der Waals surface area (Å²) in [5.74, 6) is -5.29. The Bertz CT molecular complexity index is 681. The number of nitrogens with one attached hydrogen (secondary N) is 3. The number of carboxylic acid groups (broad SMARTS) is 2. The third-order valence-corrected chi connectivity index (χ3v) is 4.50. The fourth-order valence-electron chi connectivity index (χ4n) is 2.81. The van der Waals surface area contributed by atoms with Crippen molar-refractivity contribution in [3.63, 3.8) is 0 Å². The molecule has 12 nitrogen and oxygen atoms in total. The molecule has 184 valence electrons. The van der Waals surface area contributed by atoms with E-state index in [4.69, 9.17) is 15.9 Å². The van der Waals surface area contributed by atoms with Gasteiger partial charge in [-0.25, -0.2) is 4.79 Å². The molecule has 32 heavy (non-hydrogen) atoms. The average molecular weight is 461 g/mol. The SMILES string of the molecule is CC(C)CC(NC(=O)C(CC(C)C)NC(=O)C(N)C(C)O)C(=O)NC(CC(=O)O)C(=O)O. The Labute approximate surface area is 187 Å². The van der Waals surface area contributed by atoms with Crippen molar-refractivity contribution in [2.24, 2.45) is 17.6 Å². The molecule has 3 amide bonds. The molecule has 0 fully saturated rings. The van der Waals surface area contributed by atoms with Gasteiger partial charge in [-0.05, 0) is 31.6 Å². The van der Waals surface area contributed by atoms with Crippen molar-refractivity contribution in [3.8, 4) is 0 Å². The molecule has 0 radical (unpaired) electrons. The lowest BCUT2D eigenvalue weighted by Gasteiger charge is -2.27. The highest BCUT2D eigenvalue weighted by molar-refractivity contribution is 5.94. The van der Waals surface area contributed by atoms with Crippen LogP contribution in [0.25, 0.3) is 0 Å². The second kappa shape index (κ2) is 13.6. The molecule has 0 aromatic rings. The maximum atomic E-state index is 12.9. The van der Waals surface area contributed by atoms with E-state index in [1.807, 2.05) is 13.8 Å². The molecule has 0 aliphatic carbocycles. The zero-order valence-electron chi connectivity index (χ0n) is 19.1. The number of aliphatic carboxylic acids is 2. The van der Waals surface area contributed by atoms with Gasteiger partial charge in [-0.3, -0.25) is 19.2 Å². The molecule has 5 atom stereocenters. The summed E-state index contributed by atoms with van der Waals surface area (Å²) in [6, 6.07) is -5.12. The Morgan fingerprint density at radius 2 is 1.09 bits per heavy atom. The number of carbonyl (C=O) groups is 5. The highest BCUT2D eigenvalue weighted by Gasteiger charge is 2.32. The van der Waals surface area contributed by atoms with Crippen LogP contribution in [0.2, 0.25) is 0 Å². The Kier molecular flexibility index (Phi) is 12.5. The van der Waals surface area contributed by atoms with Crippen LogP contribution in [0.1, 0.15) is 53.9 Å². The van der Waals surface area contributed by atoms with E-state index in [0.29, 0.717) is 0 Å². The number of aliphatic hydroxyl groups is 1. The topological polar surface area (TPSA) is 208 Å². The van der Waals surface area contributed by atoms with Crippen molar-refractivity contribution >= 4 is 29.7 Å². The van der Waals surface area contributed by atoms with Crippen LogP contribution in [0.4, 0.5) is 0 Å². The number of carbonyl (C=O) groups excluding carboxylic acids is 3. The first kappa shape index (κ1) is 29.3. The molecule has 0 saturated carbocycles. The number of carboxylic acids is 2. The standard InChI is InChI=1S/C20H36N4O8/c1-9(2)6-12(18(29)24-14(20(31)32)8-15(26)27)22-17(28)13(7-10(3)4)23-19(30)16(21)11(5)25/h9-14,16,25H,6-8,21H2,1-5H3,(H,22,28)(H,23,30)(H,24,29)(H,26,27)(H,31,32). The summed E-state index contributed by atoms with van der Waals surface area (Å²) in [5, 5.41) is 34.6. The van der Waals surface area contributed by atoms with E-state index in [1.54, 1.807) is 13.8 Å². The Balaban J connectivity index is 5.54. The van der Waals surface area contributed by atoms with Gasteiger partial charge in [0, 0.05) is 0 Å². The molecule has 0 saturated heterocycles. The molecule has 12 heteroatoms. The number of hydrogen-bond acceptors (Lipinski definition) is 7. The lowest BCUT2D eigenvalue weighted by molar-refractivity contribution is -0.147. The van der Waals surface area contributed by atoms with E-state index in [2.05, 4.69) is 16.0 Å². The largest absolute Gasteiger partial charge is 0.481 e. The van der Waals surface area contributed by atoms with Gasteiger partial charge in [0.2, 0.25) is 17.7 Å². The van der Waals surface area contributed by atoms with Crippen LogP contribution in [0.5, 0.6) is 0 Å². The number of amides is 3. The highest BCUT2D eigenvalue weighted by Crippen LogP contribution is 2.10. The van der Waals surface area contributed by atoms with Gasteiger partial charge >= 0.3 is 11.9 Å². The van der Waals surface area contributed by atoms with Gasteiger partial charge in [-0.15, -0.1) is 0 Å². The van der Waals surface area contributed by atoms with Crippen molar-refractivity contribution in [1.29, 1.82) is 0 Å². The first-order chi connectivity index (χ1) is 14.6. The molecule has 0 heterocycles. The van der Waals surface area contributed by atoms with Gasteiger partial charge in [0.25, 0.3) is 0 Å². The first-order valence-electron chi connectivity index (χ1n) is 10.4. The normalized spacial score (nSPS) is 15.9. The van der Waals surface area contributed by atoms with E-state index < -0.39 is 66.4 Å². The Morgan fingerprint density at radius 3 is 1.41 bits per heavy atom. The van der Waals surface area contributed by atoms with Crippen LogP contribution in [-0.4, -0.2) is 75.3 Å². The van der Waals surface area contributed by atoms with Gasteiger partial charge < -0.3 is 37.0 Å². The monoisotopic (exact) mass is 460 g/mol. The van der Waals surface area contributed by atoms with Gasteiger partial charge in [-0.2, -0.15) is 0 Å². The van der Waals surface area contributed by atoms with E-state index in [9.17, 15) is 29.1 Å². The van der Waals surface area contributed by atoms with Crippen molar-refractivity contribution < 1.29 is 39.3 Å². The van der Waals surface area contributed by atoms with Gasteiger partial charge in [0.15, 0.2) is 0 Å². The van der Waals surface area contributed by atoms with Crippen molar-refractivity contribution in [2.45, 2.75) is 84.2 Å². The smallest absolute Gasteiger partial charge is 0.326 e. The van der Waals surface area contributed by atoms with Gasteiger partial charge in [0.05, 0.1) is 12.5 Å². The molecule has 0 aliphatic heterocycles. The van der Waals surface area contributed by atoms with E-state index in [0.717, 1.165) is 0 Å². The molecule has 0 spiro atoms. The van der Waals surface area contributed by atoms with Crippen molar-refractivity contribution in [2.75, 3.05) is 0 Å². The van der Waals surface area contributed by atoms with Gasteiger partial charge in [-0.1, -0.05) is 27.7 Å². The summed E-state index contributed by atoms with van der Waals surface area (Å²) in [7, 11) is 0. The first-order valence-corrected chi connectivity index (χ1v) is 10.4. The summed E-state index contributed by atoms with van der Waals surface area (Å²) in [6.45, 7) is 8.55. The fourth-order valence-corrected chi connectivity index (χ4v) is 2.81. The van der Waals surface area contributed by atoms with Crippen molar-refractivity contribution in [1.82, 2.24) is 16.0 Å². The van der Waals surface area contributed by atoms with E-state index >= 15 is 0 Å². The minimum atomic E-state index is -1.67. The maximum Gasteiger partial charge on any atom is 0.326 e. The van der Waals surface area contributed by atoms with Crippen LogP contribution in [0.3, 0.4) is 0 Å². The molecular weight excluding hydrogens is 424 g/mol. The predicted octanol–water partition coefficient (Wildman–Crippen LogP) is -1.20. The minimum absolute atomic E-state index is 0.0156. The number of nitrogens with two attached hydrogens (primary N) is 1. The highest BCUT2D eigenvalue weighted by atomic mass is 16.4. The van der Waals surface area contributed by atoms with Crippen LogP contribution in [0, 0.1) is 11.8 Å². The fraction of sp³-hybridized carbons (Fsp3) is 0.750. The van der Waals surface area contributed by atoms with Crippen molar-refractivity contribution in [3.05, 3.63) is 0 Å². The summed E-state index contributed by atoms with van der Waals surface area (Å²) >= 11 is 0. The molecule has 8 N–H and O–H groups in total. The average Bonchev–Trinajstić information content (AvgIpc) is 2.64. The third kappa shape index (κ3) is 11.0. The molecule has 0 rings (SSSR count). The zero-order valence-corrected chi connectivity index (χ0v) is 19.1. The van der Waals surface area contributed by atoms with Crippen LogP contribution < -0.4 is 21.7 Å². The van der Waals surface area contributed by atoms with E-state index in [1.165, 1.54) is 6.92 Å². The second-order valence-corrected chi connectivity index (χ2v) is 8.65. The molecule has 0 aromatic heterocycles. The third-order valence-electron chi connectivity index (χ3n) is 4.50. The summed E-state index contributed by atoms with van der Waals surface area (Å²) in [6.07, 6.45) is -1.60. The van der Waals surface area contributed by atoms with E-state index in [-0.39, 0.29) is 24.7 Å². The zero-order chi connectivity index (χ0) is 25.2. The van der Waals surface area contributed by atoms with Crippen LogP contribution >= 0.6 is 0 Å². The van der Waals surface area contributed by atoms with Gasteiger partial charge in [0.1, 0.15) is 24.2 Å². The summed E-state index contributed by atoms with van der Waals surface area (Å²) in [5.41, 5.74) is 5.62. The lowest BCUT2D eigenvalue weighted by Crippen LogP contribution is -2.58. The summed E-state index contributed by atoms with van der Waals surface area (Å²) in [4.78, 5) is 59.9. The van der Waals surface area contributed by atoms with Crippen LogP contribution in [-0.2, 0) is 24.0 Å². The molecular formula is C20H36N4O8. The Morgan fingerprint density at radius 1 is 0.719 bits per heavy atom. The maximum absolute atomic E-state index is 12.9. The minimum Gasteiger partial charge on any atom is -0.481 e. The second-order valence-electron chi connectivity index (χ2n) is 8.65. The number of hydrogen-bond donors (Lipinski definition) is 7. The number of aliphatic hydroxyl groups excluding tert-OH is 1. The summed E-state index contributed by atoms with van der Waals surface area (Å²) < 4.78 is 0. The molecule has 0 aromatic carbocycles. The molecule has 5 unspecified atom stereocenters. The Hall–Kier alpha value is -2.73. The number of rotatable bonds is 14. The molecule has 0 aliphatic rings.